The molecule has 20 heavy (non-hydrogen) atoms. The summed E-state index contributed by atoms with van der Waals surface area (Å²) in [6, 6.07) is 3.27. The first-order chi connectivity index (χ1) is 9.65. The van der Waals surface area contributed by atoms with E-state index in [0.29, 0.717) is 18.1 Å². The van der Waals surface area contributed by atoms with Gasteiger partial charge in [-0.05, 0) is 31.9 Å². The number of rotatable bonds is 4. The number of anilines is 2. The summed E-state index contributed by atoms with van der Waals surface area (Å²) in [7, 11) is 1.34. The number of ether oxygens (including phenoxy) is 2. The topological polar surface area (TPSA) is 77.7 Å². The largest absolute Gasteiger partial charge is 0.464 e. The van der Waals surface area contributed by atoms with Gasteiger partial charge in [-0.1, -0.05) is 0 Å². The lowest BCUT2D eigenvalue weighted by molar-refractivity contribution is 0.0525. The number of piperidine rings is 1. The molecule has 2 N–H and O–H groups in total. The molecule has 1 atom stereocenters. The molecule has 0 aromatic carbocycles. The smallest absolute Gasteiger partial charge is 0.356 e. The number of nitrogen functional groups attached to an aromatic ring is 1. The molecule has 0 bridgehead atoms. The Morgan fingerprint density at radius 2 is 2.35 bits per heavy atom. The summed E-state index contributed by atoms with van der Waals surface area (Å²) in [5, 5.41) is 0. The van der Waals surface area contributed by atoms with Gasteiger partial charge in [0.05, 0.1) is 18.9 Å². The van der Waals surface area contributed by atoms with Gasteiger partial charge in [-0.3, -0.25) is 0 Å². The van der Waals surface area contributed by atoms with E-state index in [1.807, 2.05) is 6.92 Å². The third-order valence-electron chi connectivity index (χ3n) is 3.38. The highest BCUT2D eigenvalue weighted by molar-refractivity contribution is 5.88. The van der Waals surface area contributed by atoms with Crippen LogP contribution in [0.25, 0.3) is 0 Å². The molecule has 6 heteroatoms. The van der Waals surface area contributed by atoms with E-state index in [1.165, 1.54) is 7.11 Å². The van der Waals surface area contributed by atoms with Crippen LogP contribution in [0.1, 0.15) is 30.3 Å². The number of hydrogen-bond donors (Lipinski definition) is 1. The number of pyridine rings is 1. The van der Waals surface area contributed by atoms with E-state index < -0.39 is 5.97 Å². The molecule has 2 heterocycles. The molecule has 1 unspecified atom stereocenters. The number of nitrogens with zero attached hydrogens (tertiary/aromatic N) is 2. The predicted octanol–water partition coefficient (Wildman–Crippen LogP) is 1.46. The van der Waals surface area contributed by atoms with Crippen LogP contribution in [0.4, 0.5) is 11.5 Å². The predicted molar refractivity (Wildman–Crippen MR) is 76.8 cm³/mol. The Hall–Kier alpha value is -1.82. The molecule has 0 aliphatic carbocycles. The Balaban J connectivity index is 2.20. The minimum atomic E-state index is -0.454. The maximum atomic E-state index is 11.6. The van der Waals surface area contributed by atoms with E-state index in [4.69, 9.17) is 15.2 Å². The Morgan fingerprint density at radius 1 is 1.55 bits per heavy atom. The second-order valence-corrected chi connectivity index (χ2v) is 4.77. The summed E-state index contributed by atoms with van der Waals surface area (Å²) in [6.45, 7) is 4.30. The molecule has 0 radical (unpaired) electrons. The van der Waals surface area contributed by atoms with Crippen LogP contribution in [0.3, 0.4) is 0 Å². The maximum absolute atomic E-state index is 11.6. The van der Waals surface area contributed by atoms with Crippen molar-refractivity contribution >= 4 is 17.5 Å². The fourth-order valence-corrected chi connectivity index (χ4v) is 2.43. The Morgan fingerprint density at radius 3 is 3.05 bits per heavy atom. The Kier molecular flexibility index (Phi) is 4.79. The summed E-state index contributed by atoms with van der Waals surface area (Å²) in [6.07, 6.45) is 2.26. The standard InChI is InChI=1S/C14H21N3O3/c1-3-20-10-5-4-8-17(9-10)13-11(15)6-7-12(16-13)14(18)19-2/h6-7,10H,3-5,8-9,15H2,1-2H3. The van der Waals surface area contributed by atoms with Gasteiger partial charge in [0.25, 0.3) is 0 Å². The first-order valence-electron chi connectivity index (χ1n) is 6.87. The Labute approximate surface area is 118 Å². The molecule has 1 aromatic heterocycles. The maximum Gasteiger partial charge on any atom is 0.356 e. The van der Waals surface area contributed by atoms with Crippen molar-refractivity contribution in [3.05, 3.63) is 17.8 Å². The van der Waals surface area contributed by atoms with Gasteiger partial charge in [-0.2, -0.15) is 0 Å². The molecule has 0 amide bonds. The highest BCUT2D eigenvalue weighted by atomic mass is 16.5. The van der Waals surface area contributed by atoms with Crippen LogP contribution in [0.2, 0.25) is 0 Å². The van der Waals surface area contributed by atoms with Gasteiger partial charge in [0.2, 0.25) is 0 Å². The third kappa shape index (κ3) is 3.19. The highest BCUT2D eigenvalue weighted by Gasteiger charge is 2.23. The summed E-state index contributed by atoms with van der Waals surface area (Å²) in [4.78, 5) is 18.0. The molecule has 0 spiro atoms. The minimum Gasteiger partial charge on any atom is -0.464 e. The van der Waals surface area contributed by atoms with Crippen LogP contribution < -0.4 is 10.6 Å². The van der Waals surface area contributed by atoms with Gasteiger partial charge in [-0.15, -0.1) is 0 Å². The van der Waals surface area contributed by atoms with E-state index in [2.05, 4.69) is 9.88 Å². The van der Waals surface area contributed by atoms with Crippen molar-refractivity contribution in [1.29, 1.82) is 0 Å². The van der Waals surface area contributed by atoms with Crippen molar-refractivity contribution < 1.29 is 14.3 Å². The van der Waals surface area contributed by atoms with Gasteiger partial charge in [0.15, 0.2) is 11.5 Å². The SMILES string of the molecule is CCOC1CCCN(c2nc(C(=O)OC)ccc2N)C1. The number of carbonyl (C=O) groups excluding carboxylic acids is 1. The number of hydrogen-bond acceptors (Lipinski definition) is 6. The molecule has 1 fully saturated rings. The van der Waals surface area contributed by atoms with Crippen molar-refractivity contribution in [2.45, 2.75) is 25.9 Å². The second kappa shape index (κ2) is 6.56. The number of nitrogens with two attached hydrogens (primary N) is 1. The first-order valence-corrected chi connectivity index (χ1v) is 6.87. The monoisotopic (exact) mass is 279 g/mol. The van der Waals surface area contributed by atoms with Crippen molar-refractivity contribution in [2.24, 2.45) is 0 Å². The zero-order chi connectivity index (χ0) is 14.5. The number of methoxy groups -OCH3 is 1. The van der Waals surface area contributed by atoms with Gasteiger partial charge < -0.3 is 20.1 Å². The summed E-state index contributed by atoms with van der Waals surface area (Å²) in [5.74, 6) is 0.182. The molecular weight excluding hydrogens is 258 g/mol. The molecule has 0 saturated carbocycles. The van der Waals surface area contributed by atoms with Crippen molar-refractivity contribution in [3.8, 4) is 0 Å². The number of esters is 1. The van der Waals surface area contributed by atoms with Crippen LogP contribution in [-0.4, -0.2) is 43.9 Å². The fraction of sp³-hybridized carbons (Fsp3) is 0.571. The van der Waals surface area contributed by atoms with Crippen molar-refractivity contribution in [1.82, 2.24) is 4.98 Å². The average molecular weight is 279 g/mol. The number of aromatic nitrogens is 1. The lowest BCUT2D eigenvalue weighted by Crippen LogP contribution is -2.40. The van der Waals surface area contributed by atoms with Crippen LogP contribution >= 0.6 is 0 Å². The first kappa shape index (κ1) is 14.6. The van der Waals surface area contributed by atoms with Crippen LogP contribution in [0.15, 0.2) is 12.1 Å². The van der Waals surface area contributed by atoms with E-state index in [1.54, 1.807) is 12.1 Å². The third-order valence-corrected chi connectivity index (χ3v) is 3.38. The van der Waals surface area contributed by atoms with Gasteiger partial charge in [0.1, 0.15) is 0 Å². The van der Waals surface area contributed by atoms with Gasteiger partial charge in [-0.25, -0.2) is 9.78 Å². The molecule has 110 valence electrons. The molecular formula is C14H21N3O3. The molecule has 2 rings (SSSR count). The van der Waals surface area contributed by atoms with Crippen molar-refractivity contribution in [3.63, 3.8) is 0 Å². The molecule has 1 aromatic rings. The zero-order valence-corrected chi connectivity index (χ0v) is 12.0. The van der Waals surface area contributed by atoms with Crippen LogP contribution in [0.5, 0.6) is 0 Å². The quantitative estimate of drug-likeness (QED) is 0.841. The lowest BCUT2D eigenvalue weighted by Gasteiger charge is -2.34. The summed E-state index contributed by atoms with van der Waals surface area (Å²) in [5.41, 5.74) is 6.82. The summed E-state index contributed by atoms with van der Waals surface area (Å²) < 4.78 is 10.4. The molecule has 1 saturated heterocycles. The lowest BCUT2D eigenvalue weighted by atomic mass is 10.1. The fourth-order valence-electron chi connectivity index (χ4n) is 2.43. The molecule has 6 nitrogen and oxygen atoms in total. The van der Waals surface area contributed by atoms with Crippen molar-refractivity contribution in [2.75, 3.05) is 37.4 Å². The normalized spacial score (nSPS) is 18.9. The Bertz CT molecular complexity index is 477. The minimum absolute atomic E-state index is 0.191. The van der Waals surface area contributed by atoms with E-state index in [0.717, 1.165) is 25.9 Å². The van der Waals surface area contributed by atoms with Crippen LogP contribution in [0, 0.1) is 0 Å². The summed E-state index contributed by atoms with van der Waals surface area (Å²) >= 11 is 0. The zero-order valence-electron chi connectivity index (χ0n) is 12.0. The van der Waals surface area contributed by atoms with Gasteiger partial charge in [0, 0.05) is 19.7 Å². The van der Waals surface area contributed by atoms with E-state index in [9.17, 15) is 4.79 Å². The number of carbonyl (C=O) groups is 1. The van der Waals surface area contributed by atoms with E-state index >= 15 is 0 Å². The average Bonchev–Trinajstić information content (AvgIpc) is 2.47. The highest BCUT2D eigenvalue weighted by Crippen LogP contribution is 2.25. The van der Waals surface area contributed by atoms with E-state index in [-0.39, 0.29) is 11.8 Å². The van der Waals surface area contributed by atoms with Crippen LogP contribution in [-0.2, 0) is 9.47 Å². The van der Waals surface area contributed by atoms with Gasteiger partial charge >= 0.3 is 5.97 Å². The second-order valence-electron chi connectivity index (χ2n) is 4.77. The molecule has 1 aliphatic heterocycles. The molecule has 1 aliphatic rings.